The van der Waals surface area contributed by atoms with Crippen molar-refractivity contribution in [3.8, 4) is 0 Å². The number of nitrogens with one attached hydrogen (secondary N) is 1. The number of halogens is 3. The average Bonchev–Trinajstić information content (AvgIpc) is 3.18. The Morgan fingerprint density at radius 1 is 1.44 bits per heavy atom. The van der Waals surface area contributed by atoms with Gasteiger partial charge < -0.3 is 15.2 Å². The third-order valence-corrected chi connectivity index (χ3v) is 6.81. The molecule has 10 heteroatoms. The lowest BCUT2D eigenvalue weighted by Gasteiger charge is -2.45. The number of nitrogens with zero attached hydrogens (tertiary/aromatic N) is 3. The van der Waals surface area contributed by atoms with Crippen LogP contribution in [-0.2, 0) is 36.6 Å². The topological polar surface area (TPSA) is 72.2 Å². The van der Waals surface area contributed by atoms with E-state index < -0.39 is 23.3 Å². The summed E-state index contributed by atoms with van der Waals surface area (Å²) in [4.78, 5) is -0.102. The summed E-state index contributed by atoms with van der Waals surface area (Å²) in [5.74, 6) is 0. The van der Waals surface area contributed by atoms with Crippen molar-refractivity contribution in [2.24, 2.45) is 7.05 Å². The van der Waals surface area contributed by atoms with E-state index in [1.807, 2.05) is 13.1 Å². The van der Waals surface area contributed by atoms with Gasteiger partial charge in [0.1, 0.15) is 10.5 Å². The maximum atomic E-state index is 13.5. The number of aliphatic hydroxyl groups is 1. The van der Waals surface area contributed by atoms with Crippen molar-refractivity contribution >= 4 is 11.3 Å². The van der Waals surface area contributed by atoms with E-state index >= 15 is 0 Å². The number of aryl methyl sites for hydroxylation is 1. The summed E-state index contributed by atoms with van der Waals surface area (Å²) in [6.07, 6.45) is -1.24. The second kappa shape index (κ2) is 6.54. The van der Waals surface area contributed by atoms with Crippen LogP contribution in [0.25, 0.3) is 0 Å². The van der Waals surface area contributed by atoms with Crippen molar-refractivity contribution in [1.82, 2.24) is 20.3 Å². The van der Waals surface area contributed by atoms with Crippen LogP contribution in [0.5, 0.6) is 0 Å². The fourth-order valence-corrected chi connectivity index (χ4v) is 5.72. The molecule has 4 rings (SSSR count). The fraction of sp³-hybridized carbons (Fsp3) is 0.647. The SMILES string of the molecule is C[C@H]1CC2(C[C@@H](c3cn(C)nn3)N1)OCCc1c2sc(C(F)(F)F)c1CO. The zero-order valence-corrected chi connectivity index (χ0v) is 15.8. The molecule has 0 amide bonds. The molecule has 2 aliphatic heterocycles. The number of hydrogen-bond donors (Lipinski definition) is 2. The first-order valence-corrected chi connectivity index (χ1v) is 9.64. The highest BCUT2D eigenvalue weighted by Crippen LogP contribution is 2.52. The van der Waals surface area contributed by atoms with Crippen LogP contribution in [0.2, 0.25) is 0 Å². The molecular weight excluding hydrogens is 381 g/mol. The van der Waals surface area contributed by atoms with Crippen LogP contribution in [-0.4, -0.2) is 32.7 Å². The molecule has 6 nitrogen and oxygen atoms in total. The highest BCUT2D eigenvalue weighted by atomic mass is 32.1. The number of thiophene rings is 1. The molecule has 1 saturated heterocycles. The zero-order chi connectivity index (χ0) is 19.4. The van der Waals surface area contributed by atoms with Gasteiger partial charge in [0.15, 0.2) is 0 Å². The van der Waals surface area contributed by atoms with Crippen LogP contribution < -0.4 is 5.32 Å². The Kier molecular flexibility index (Phi) is 4.57. The average molecular weight is 402 g/mol. The second-order valence-corrected chi connectivity index (χ2v) is 8.33. The van der Waals surface area contributed by atoms with E-state index in [1.54, 1.807) is 11.7 Å². The lowest BCUT2D eigenvalue weighted by molar-refractivity contribution is -0.135. The van der Waals surface area contributed by atoms with E-state index in [4.69, 9.17) is 4.74 Å². The summed E-state index contributed by atoms with van der Waals surface area (Å²) in [6.45, 7) is 1.72. The number of alkyl halides is 3. The van der Waals surface area contributed by atoms with Crippen LogP contribution >= 0.6 is 11.3 Å². The largest absolute Gasteiger partial charge is 0.425 e. The summed E-state index contributed by atoms with van der Waals surface area (Å²) in [7, 11) is 1.77. The Hall–Kier alpha value is -1.49. The Morgan fingerprint density at radius 2 is 2.22 bits per heavy atom. The first-order chi connectivity index (χ1) is 12.7. The summed E-state index contributed by atoms with van der Waals surface area (Å²) < 4.78 is 48.3. The normalized spacial score (nSPS) is 28.5. The first kappa shape index (κ1) is 18.9. The van der Waals surface area contributed by atoms with Gasteiger partial charge in [0, 0.05) is 36.1 Å². The molecule has 0 saturated carbocycles. The number of piperidine rings is 1. The van der Waals surface area contributed by atoms with E-state index in [1.165, 1.54) is 0 Å². The van der Waals surface area contributed by atoms with Gasteiger partial charge in [-0.25, -0.2) is 0 Å². The van der Waals surface area contributed by atoms with Gasteiger partial charge in [-0.2, -0.15) is 13.2 Å². The lowest BCUT2D eigenvalue weighted by Crippen LogP contribution is -2.49. The van der Waals surface area contributed by atoms with Crippen molar-refractivity contribution in [1.29, 1.82) is 0 Å². The van der Waals surface area contributed by atoms with Crippen LogP contribution in [0.1, 0.15) is 52.4 Å². The molecule has 0 bridgehead atoms. The summed E-state index contributed by atoms with van der Waals surface area (Å²) in [5, 5.41) is 21.2. The summed E-state index contributed by atoms with van der Waals surface area (Å²) >= 11 is 0.724. The molecule has 2 N–H and O–H groups in total. The molecule has 2 aromatic rings. The smallest absolute Gasteiger partial charge is 0.392 e. The molecule has 1 unspecified atom stereocenters. The Labute approximate surface area is 158 Å². The molecule has 1 spiro atoms. The third-order valence-electron chi connectivity index (χ3n) is 5.31. The van der Waals surface area contributed by atoms with Gasteiger partial charge in [-0.3, -0.25) is 4.68 Å². The van der Waals surface area contributed by atoms with E-state index in [0.29, 0.717) is 36.3 Å². The number of hydrogen-bond acceptors (Lipinski definition) is 6. The Morgan fingerprint density at radius 3 is 2.85 bits per heavy atom. The molecule has 0 aromatic carbocycles. The standard InChI is InChI=1S/C17H21F3N4O2S/c1-9-5-16(6-12(21-9)13-7-24(2)23-22-13)14-10(3-4-26-16)11(8-25)15(27-14)17(18,19)20/h7,9,12,21,25H,3-6,8H2,1-2H3/t9-,12-,16?/m0/s1. The predicted octanol–water partition coefficient (Wildman–Crippen LogP) is 2.67. The van der Waals surface area contributed by atoms with Crippen LogP contribution in [0.15, 0.2) is 6.20 Å². The highest BCUT2D eigenvalue weighted by Gasteiger charge is 2.49. The summed E-state index contributed by atoms with van der Waals surface area (Å²) in [6, 6.07) is -0.131. The fourth-order valence-electron chi connectivity index (χ4n) is 4.33. The van der Waals surface area contributed by atoms with Crippen molar-refractivity contribution in [2.75, 3.05) is 6.61 Å². The molecule has 2 aliphatic rings. The van der Waals surface area contributed by atoms with E-state index in [0.717, 1.165) is 17.0 Å². The van der Waals surface area contributed by atoms with E-state index in [2.05, 4.69) is 15.6 Å². The van der Waals surface area contributed by atoms with E-state index in [-0.39, 0.29) is 17.6 Å². The quantitative estimate of drug-likeness (QED) is 0.808. The number of fused-ring (bicyclic) bond motifs is 2. The zero-order valence-electron chi connectivity index (χ0n) is 15.0. The van der Waals surface area contributed by atoms with Crippen LogP contribution in [0.4, 0.5) is 13.2 Å². The van der Waals surface area contributed by atoms with E-state index in [9.17, 15) is 18.3 Å². The van der Waals surface area contributed by atoms with Crippen molar-refractivity contribution < 1.29 is 23.0 Å². The van der Waals surface area contributed by atoms with Crippen molar-refractivity contribution in [3.05, 3.63) is 32.8 Å². The van der Waals surface area contributed by atoms with Crippen molar-refractivity contribution in [3.63, 3.8) is 0 Å². The highest BCUT2D eigenvalue weighted by molar-refractivity contribution is 7.12. The molecule has 0 aliphatic carbocycles. The number of aliphatic hydroxyl groups excluding tert-OH is 1. The molecular formula is C17H21F3N4O2S. The summed E-state index contributed by atoms with van der Waals surface area (Å²) in [5.41, 5.74) is 0.549. The minimum atomic E-state index is -4.48. The van der Waals surface area contributed by atoms with Gasteiger partial charge >= 0.3 is 6.18 Å². The molecule has 27 heavy (non-hydrogen) atoms. The van der Waals surface area contributed by atoms with Gasteiger partial charge in [-0.05, 0) is 25.3 Å². The van der Waals surface area contributed by atoms with Gasteiger partial charge in [0.05, 0.1) is 24.9 Å². The molecule has 148 valence electrons. The molecule has 4 heterocycles. The number of aromatic nitrogens is 3. The molecule has 0 radical (unpaired) electrons. The third kappa shape index (κ3) is 3.18. The minimum Gasteiger partial charge on any atom is -0.392 e. The van der Waals surface area contributed by atoms with Gasteiger partial charge in [0.2, 0.25) is 0 Å². The monoisotopic (exact) mass is 402 g/mol. The van der Waals surface area contributed by atoms with Gasteiger partial charge in [-0.15, -0.1) is 16.4 Å². The maximum absolute atomic E-state index is 13.5. The molecule has 1 fully saturated rings. The number of rotatable bonds is 2. The molecule has 2 aromatic heterocycles. The Bertz CT molecular complexity index is 850. The lowest BCUT2D eigenvalue weighted by atomic mass is 9.78. The van der Waals surface area contributed by atoms with Crippen molar-refractivity contribution in [2.45, 2.75) is 56.7 Å². The Balaban J connectivity index is 1.79. The van der Waals surface area contributed by atoms with Crippen LogP contribution in [0, 0.1) is 0 Å². The first-order valence-electron chi connectivity index (χ1n) is 8.83. The minimum absolute atomic E-state index is 0.00686. The predicted molar refractivity (Wildman–Crippen MR) is 92.2 cm³/mol. The van der Waals surface area contributed by atoms with Gasteiger partial charge in [0.25, 0.3) is 0 Å². The van der Waals surface area contributed by atoms with Crippen LogP contribution in [0.3, 0.4) is 0 Å². The maximum Gasteiger partial charge on any atom is 0.425 e. The number of ether oxygens (including phenoxy) is 1. The molecule has 3 atom stereocenters. The second-order valence-electron chi connectivity index (χ2n) is 7.31. The van der Waals surface area contributed by atoms with Gasteiger partial charge in [-0.1, -0.05) is 5.21 Å².